The van der Waals surface area contributed by atoms with Crippen molar-refractivity contribution < 1.29 is 18.7 Å². The second kappa shape index (κ2) is 7.50. The van der Waals surface area contributed by atoms with E-state index in [1.165, 1.54) is 29.4 Å². The second-order valence-electron chi connectivity index (χ2n) is 5.74. The molecular weight excluding hydrogens is 384 g/mol. The van der Waals surface area contributed by atoms with E-state index in [-0.39, 0.29) is 18.1 Å². The van der Waals surface area contributed by atoms with Crippen LogP contribution in [0.1, 0.15) is 14.5 Å². The molecule has 0 spiro atoms. The lowest BCUT2D eigenvalue weighted by Gasteiger charge is -2.03. The molecule has 0 fully saturated rings. The van der Waals surface area contributed by atoms with E-state index in [0.29, 0.717) is 26.6 Å². The Morgan fingerprint density at radius 2 is 2.04 bits per heavy atom. The van der Waals surface area contributed by atoms with Gasteiger partial charge in [-0.1, -0.05) is 23.9 Å². The van der Waals surface area contributed by atoms with Gasteiger partial charge in [0.2, 0.25) is 5.78 Å². The summed E-state index contributed by atoms with van der Waals surface area (Å²) >= 11 is 2.58. The Morgan fingerprint density at radius 3 is 2.85 bits per heavy atom. The van der Waals surface area contributed by atoms with E-state index in [0.717, 1.165) is 10.3 Å². The van der Waals surface area contributed by atoms with Crippen LogP contribution in [0, 0.1) is 6.92 Å². The van der Waals surface area contributed by atoms with Crippen molar-refractivity contribution in [2.45, 2.75) is 11.9 Å². The van der Waals surface area contributed by atoms with Crippen molar-refractivity contribution in [2.24, 2.45) is 0 Å². The number of para-hydroxylation sites is 1. The number of nitrogens with zero attached hydrogens (tertiary/aromatic N) is 2. The SMILES string of the molecule is Cc1ccc(C(=O)COC(=O)CSc2ncnc3c2oc2ccccc23)s1. The number of rotatable bonds is 6. The highest BCUT2D eigenvalue weighted by Gasteiger charge is 2.16. The first kappa shape index (κ1) is 17.7. The molecule has 3 heterocycles. The van der Waals surface area contributed by atoms with Gasteiger partial charge < -0.3 is 9.15 Å². The standard InChI is InChI=1S/C19H14N2O4S2/c1-11-6-7-15(27-11)13(22)8-24-16(23)9-26-19-18-17(20-10-21-19)12-4-2-3-5-14(12)25-18/h2-7,10H,8-9H2,1H3. The maximum absolute atomic E-state index is 12.0. The number of thiophene rings is 1. The summed E-state index contributed by atoms with van der Waals surface area (Å²) in [6.07, 6.45) is 1.45. The lowest BCUT2D eigenvalue weighted by atomic mass is 10.2. The normalized spacial score (nSPS) is 11.1. The third-order valence-electron chi connectivity index (χ3n) is 3.83. The van der Waals surface area contributed by atoms with Crippen LogP contribution >= 0.6 is 23.1 Å². The van der Waals surface area contributed by atoms with Gasteiger partial charge in [-0.05, 0) is 31.2 Å². The van der Waals surface area contributed by atoms with E-state index in [4.69, 9.17) is 9.15 Å². The smallest absolute Gasteiger partial charge is 0.316 e. The number of thioether (sulfide) groups is 1. The van der Waals surface area contributed by atoms with Crippen LogP contribution in [0.4, 0.5) is 0 Å². The van der Waals surface area contributed by atoms with Gasteiger partial charge in [-0.15, -0.1) is 11.3 Å². The van der Waals surface area contributed by atoms with E-state index in [9.17, 15) is 9.59 Å². The topological polar surface area (TPSA) is 82.3 Å². The number of hydrogen-bond donors (Lipinski definition) is 0. The number of esters is 1. The molecule has 0 radical (unpaired) electrons. The van der Waals surface area contributed by atoms with Gasteiger partial charge in [-0.2, -0.15) is 0 Å². The summed E-state index contributed by atoms with van der Waals surface area (Å²) < 4.78 is 10.9. The maximum atomic E-state index is 12.0. The zero-order valence-corrected chi connectivity index (χ0v) is 15.9. The molecule has 6 nitrogen and oxygen atoms in total. The highest BCUT2D eigenvalue weighted by atomic mass is 32.2. The molecule has 0 aliphatic heterocycles. The summed E-state index contributed by atoms with van der Waals surface area (Å²) in [4.78, 5) is 34.1. The third kappa shape index (κ3) is 3.72. The number of ketones is 1. The monoisotopic (exact) mass is 398 g/mol. The number of ether oxygens (including phenoxy) is 1. The fraction of sp³-hybridized carbons (Fsp3) is 0.158. The number of Topliss-reactive ketones (excluding diaryl/α,β-unsaturated/α-hetero) is 1. The molecule has 0 saturated heterocycles. The first-order valence-electron chi connectivity index (χ1n) is 8.12. The molecular formula is C19H14N2O4S2. The molecule has 0 aliphatic carbocycles. The molecule has 0 bridgehead atoms. The summed E-state index contributed by atoms with van der Waals surface area (Å²) in [7, 11) is 0. The van der Waals surface area contributed by atoms with Gasteiger partial charge in [0, 0.05) is 10.3 Å². The zero-order valence-electron chi connectivity index (χ0n) is 14.3. The summed E-state index contributed by atoms with van der Waals surface area (Å²) in [5, 5.41) is 1.46. The number of benzene rings is 1. The van der Waals surface area contributed by atoms with Crippen molar-refractivity contribution >= 4 is 56.9 Å². The van der Waals surface area contributed by atoms with E-state index < -0.39 is 5.97 Å². The van der Waals surface area contributed by atoms with Gasteiger partial charge in [0.05, 0.1) is 10.6 Å². The second-order valence-corrected chi connectivity index (χ2v) is 7.99. The molecule has 0 unspecified atom stereocenters. The summed E-state index contributed by atoms with van der Waals surface area (Å²) in [5.41, 5.74) is 1.97. The summed E-state index contributed by atoms with van der Waals surface area (Å²) in [6.45, 7) is 1.66. The van der Waals surface area contributed by atoms with Crippen molar-refractivity contribution in [3.8, 4) is 0 Å². The molecule has 4 aromatic rings. The molecule has 8 heteroatoms. The van der Waals surface area contributed by atoms with E-state index in [2.05, 4.69) is 9.97 Å². The Morgan fingerprint density at radius 1 is 1.19 bits per heavy atom. The lowest BCUT2D eigenvalue weighted by molar-refractivity contribution is -0.139. The molecule has 0 N–H and O–H groups in total. The van der Waals surface area contributed by atoms with E-state index in [1.54, 1.807) is 6.07 Å². The number of aromatic nitrogens is 2. The molecule has 4 rings (SSSR count). The first-order valence-corrected chi connectivity index (χ1v) is 9.92. The van der Waals surface area contributed by atoms with Gasteiger partial charge in [-0.25, -0.2) is 9.97 Å². The van der Waals surface area contributed by atoms with Crippen LogP contribution in [-0.4, -0.2) is 34.1 Å². The molecule has 27 heavy (non-hydrogen) atoms. The van der Waals surface area contributed by atoms with Crippen LogP contribution in [0.2, 0.25) is 0 Å². The predicted octanol–water partition coefficient (Wildman–Crippen LogP) is 4.26. The Bertz CT molecular complexity index is 1150. The Kier molecular flexibility index (Phi) is 4.91. The zero-order chi connectivity index (χ0) is 18.8. The average Bonchev–Trinajstić information content (AvgIpc) is 3.28. The number of hydrogen-bond acceptors (Lipinski definition) is 8. The molecule has 136 valence electrons. The molecule has 0 atom stereocenters. The van der Waals surface area contributed by atoms with E-state index in [1.807, 2.05) is 37.3 Å². The molecule has 0 aliphatic rings. The van der Waals surface area contributed by atoms with Crippen LogP contribution in [0.5, 0.6) is 0 Å². The minimum atomic E-state index is -0.482. The largest absolute Gasteiger partial charge is 0.457 e. The molecule has 3 aromatic heterocycles. The van der Waals surface area contributed by atoms with Crippen LogP contribution in [0.15, 0.2) is 52.2 Å². The highest BCUT2D eigenvalue weighted by molar-refractivity contribution is 8.00. The van der Waals surface area contributed by atoms with Gasteiger partial charge in [0.15, 0.2) is 12.2 Å². The Labute approximate surface area is 162 Å². The number of aryl methyl sites for hydroxylation is 1. The minimum Gasteiger partial charge on any atom is -0.457 e. The quantitative estimate of drug-likeness (QED) is 0.208. The summed E-state index contributed by atoms with van der Waals surface area (Å²) in [6, 6.07) is 11.2. The fourth-order valence-corrected chi connectivity index (χ4v) is 4.10. The minimum absolute atomic E-state index is 0.0277. The number of furan rings is 1. The highest BCUT2D eigenvalue weighted by Crippen LogP contribution is 2.32. The Balaban J connectivity index is 1.41. The Hall–Kier alpha value is -2.71. The first-order chi connectivity index (χ1) is 13.1. The van der Waals surface area contributed by atoms with Crippen molar-refractivity contribution in [2.75, 3.05) is 12.4 Å². The fourth-order valence-electron chi connectivity index (χ4n) is 2.58. The van der Waals surface area contributed by atoms with Gasteiger partial charge in [0.25, 0.3) is 0 Å². The van der Waals surface area contributed by atoms with Crippen molar-refractivity contribution in [1.82, 2.24) is 9.97 Å². The van der Waals surface area contributed by atoms with Crippen LogP contribution in [0.25, 0.3) is 22.1 Å². The van der Waals surface area contributed by atoms with Crippen LogP contribution < -0.4 is 0 Å². The van der Waals surface area contributed by atoms with Crippen LogP contribution in [-0.2, 0) is 9.53 Å². The number of carbonyl (C=O) groups excluding carboxylic acids is 2. The molecule has 0 saturated carbocycles. The summed E-state index contributed by atoms with van der Waals surface area (Å²) in [5.74, 6) is -0.655. The third-order valence-corrected chi connectivity index (χ3v) is 5.82. The number of carbonyl (C=O) groups is 2. The molecule has 0 amide bonds. The van der Waals surface area contributed by atoms with Crippen molar-refractivity contribution in [3.63, 3.8) is 0 Å². The van der Waals surface area contributed by atoms with E-state index >= 15 is 0 Å². The van der Waals surface area contributed by atoms with Gasteiger partial charge in [-0.3, -0.25) is 9.59 Å². The average molecular weight is 398 g/mol. The van der Waals surface area contributed by atoms with Crippen LogP contribution in [0.3, 0.4) is 0 Å². The van der Waals surface area contributed by atoms with Gasteiger partial charge in [0.1, 0.15) is 22.5 Å². The lowest BCUT2D eigenvalue weighted by Crippen LogP contribution is -2.14. The van der Waals surface area contributed by atoms with Crippen molar-refractivity contribution in [3.05, 3.63) is 52.5 Å². The predicted molar refractivity (Wildman–Crippen MR) is 104 cm³/mol. The number of fused-ring (bicyclic) bond motifs is 3. The van der Waals surface area contributed by atoms with Crippen molar-refractivity contribution in [1.29, 1.82) is 0 Å². The maximum Gasteiger partial charge on any atom is 0.316 e. The van der Waals surface area contributed by atoms with Gasteiger partial charge >= 0.3 is 5.97 Å². The molecule has 1 aromatic carbocycles.